The number of fused-ring (bicyclic) bond motifs is 1. The van der Waals surface area contributed by atoms with Crippen LogP contribution in [0.15, 0.2) is 90.1 Å². The van der Waals surface area contributed by atoms with Crippen molar-refractivity contribution in [2.75, 3.05) is 7.11 Å². The zero-order chi connectivity index (χ0) is 33.3. The zero-order valence-corrected chi connectivity index (χ0v) is 24.5. The summed E-state index contributed by atoms with van der Waals surface area (Å²) in [4.78, 5) is 26.0. The molecule has 7 nitrogen and oxygen atoms in total. The molecule has 0 bridgehead atoms. The predicted octanol–water partition coefficient (Wildman–Crippen LogP) is 7.18. The number of aryl methyl sites for hydroxylation is 2. The summed E-state index contributed by atoms with van der Waals surface area (Å²) in [5.74, 6) is -2.76. The van der Waals surface area contributed by atoms with E-state index in [1.807, 2.05) is 29.8 Å². The number of methoxy groups -OCH3 is 1. The van der Waals surface area contributed by atoms with Gasteiger partial charge in [-0.15, -0.1) is 0 Å². The standard InChI is InChI=1S/C29H23ClF3N3O2.C2HF3O2/c1-35-17-34-16-26(35)28(38-3,18-8-11-20(30)12-9-18)19-10-13-25-23(14-19)22(15-27(37)36(25)2)21-6-4-5-7-24(21)29(31,32)33;3-2(4,5)1(6)7/h4-17H,1-3H3;(H,6,7). The van der Waals surface area contributed by atoms with Crippen LogP contribution in [0.3, 0.4) is 0 Å². The van der Waals surface area contributed by atoms with Crippen LogP contribution in [0.4, 0.5) is 26.3 Å². The van der Waals surface area contributed by atoms with E-state index >= 15 is 0 Å². The molecule has 1 unspecified atom stereocenters. The Labute approximate surface area is 256 Å². The Kier molecular flexibility index (Phi) is 9.17. The highest BCUT2D eigenvalue weighted by atomic mass is 35.5. The smallest absolute Gasteiger partial charge is 0.475 e. The predicted molar refractivity (Wildman–Crippen MR) is 155 cm³/mol. The number of aromatic nitrogens is 3. The van der Waals surface area contributed by atoms with Crippen LogP contribution in [-0.4, -0.2) is 38.5 Å². The van der Waals surface area contributed by atoms with E-state index < -0.39 is 35.0 Å². The minimum absolute atomic E-state index is 0.0742. The molecule has 3 aromatic carbocycles. The van der Waals surface area contributed by atoms with Gasteiger partial charge in [-0.2, -0.15) is 26.3 Å². The SMILES string of the molecule is COC(c1ccc(Cl)cc1)(c1ccc2c(c1)c(-c1ccccc1C(F)(F)F)cc(=O)n2C)c1cncn1C.O=C(O)C(F)(F)F. The van der Waals surface area contributed by atoms with Crippen LogP contribution >= 0.6 is 11.6 Å². The van der Waals surface area contributed by atoms with Crippen molar-refractivity contribution >= 4 is 28.5 Å². The van der Waals surface area contributed by atoms with E-state index in [2.05, 4.69) is 4.98 Å². The molecular formula is C31H24ClF6N3O4. The van der Waals surface area contributed by atoms with Gasteiger partial charge in [0.2, 0.25) is 0 Å². The third-order valence-corrected chi connectivity index (χ3v) is 7.40. The number of imidazole rings is 1. The average molecular weight is 652 g/mol. The van der Waals surface area contributed by atoms with Gasteiger partial charge in [0.25, 0.3) is 5.56 Å². The first kappa shape index (κ1) is 33.3. The second-order valence-corrected chi connectivity index (χ2v) is 10.3. The normalized spacial score (nSPS) is 13.2. The van der Waals surface area contributed by atoms with E-state index in [4.69, 9.17) is 26.2 Å². The lowest BCUT2D eigenvalue weighted by Gasteiger charge is -2.34. The second kappa shape index (κ2) is 12.4. The molecule has 0 fully saturated rings. The highest BCUT2D eigenvalue weighted by molar-refractivity contribution is 6.30. The first-order chi connectivity index (χ1) is 21.0. The molecule has 236 valence electrons. The van der Waals surface area contributed by atoms with E-state index in [1.54, 1.807) is 50.9 Å². The lowest BCUT2D eigenvalue weighted by atomic mass is 9.82. The molecule has 1 N–H and O–H groups in total. The molecule has 45 heavy (non-hydrogen) atoms. The quantitative estimate of drug-likeness (QED) is 0.204. The van der Waals surface area contributed by atoms with E-state index in [0.717, 1.165) is 11.6 Å². The molecule has 0 amide bonds. The third kappa shape index (κ3) is 6.45. The van der Waals surface area contributed by atoms with Gasteiger partial charge in [-0.05, 0) is 52.6 Å². The Balaban J connectivity index is 0.000000591. The second-order valence-electron chi connectivity index (χ2n) is 9.82. The Morgan fingerprint density at radius 3 is 2.02 bits per heavy atom. The number of benzene rings is 3. The van der Waals surface area contributed by atoms with Crippen LogP contribution in [0.2, 0.25) is 5.02 Å². The summed E-state index contributed by atoms with van der Waals surface area (Å²) in [6, 6.07) is 19.0. The van der Waals surface area contributed by atoms with E-state index in [0.29, 0.717) is 27.2 Å². The van der Waals surface area contributed by atoms with Gasteiger partial charge in [-0.3, -0.25) is 4.79 Å². The number of ether oxygens (including phenoxy) is 1. The van der Waals surface area contributed by atoms with Crippen molar-refractivity contribution in [3.63, 3.8) is 0 Å². The molecule has 0 aliphatic heterocycles. The van der Waals surface area contributed by atoms with Crippen LogP contribution in [0.25, 0.3) is 22.0 Å². The van der Waals surface area contributed by atoms with Crippen molar-refractivity contribution in [1.82, 2.24) is 14.1 Å². The van der Waals surface area contributed by atoms with Crippen LogP contribution in [-0.2, 0) is 35.4 Å². The minimum atomic E-state index is -5.08. The molecule has 0 radical (unpaired) electrons. The van der Waals surface area contributed by atoms with Gasteiger partial charge in [-0.25, -0.2) is 9.78 Å². The zero-order valence-electron chi connectivity index (χ0n) is 23.7. The number of alkyl halides is 6. The van der Waals surface area contributed by atoms with E-state index in [1.165, 1.54) is 28.8 Å². The number of carboxylic acids is 1. The fourth-order valence-corrected chi connectivity index (χ4v) is 5.18. The van der Waals surface area contributed by atoms with Crippen molar-refractivity contribution < 1.29 is 41.0 Å². The molecule has 0 aliphatic carbocycles. The van der Waals surface area contributed by atoms with Gasteiger partial charge >= 0.3 is 18.3 Å². The average Bonchev–Trinajstić information content (AvgIpc) is 3.42. The molecule has 0 saturated carbocycles. The number of nitrogens with zero attached hydrogens (tertiary/aromatic N) is 3. The molecule has 5 rings (SSSR count). The van der Waals surface area contributed by atoms with Gasteiger partial charge in [0.05, 0.1) is 29.3 Å². The molecular weight excluding hydrogens is 628 g/mol. The number of carbonyl (C=O) groups is 1. The molecule has 14 heteroatoms. The molecule has 0 aliphatic rings. The summed E-state index contributed by atoms with van der Waals surface area (Å²) in [7, 11) is 4.99. The Morgan fingerprint density at radius 2 is 1.49 bits per heavy atom. The topological polar surface area (TPSA) is 86.4 Å². The summed E-state index contributed by atoms with van der Waals surface area (Å²) in [6.07, 6.45) is -6.35. The third-order valence-electron chi connectivity index (χ3n) is 7.15. The summed E-state index contributed by atoms with van der Waals surface area (Å²) in [6.45, 7) is 0. The number of pyridine rings is 1. The highest BCUT2D eigenvalue weighted by Gasteiger charge is 2.40. The van der Waals surface area contributed by atoms with Gasteiger partial charge in [-0.1, -0.05) is 48.0 Å². The monoisotopic (exact) mass is 651 g/mol. The summed E-state index contributed by atoms with van der Waals surface area (Å²) in [5.41, 5.74) is 0.264. The van der Waals surface area contributed by atoms with Crippen molar-refractivity contribution in [3.8, 4) is 11.1 Å². The molecule has 5 aromatic rings. The Morgan fingerprint density at radius 1 is 0.889 bits per heavy atom. The first-order valence-electron chi connectivity index (χ1n) is 12.9. The molecule has 2 heterocycles. The fourth-order valence-electron chi connectivity index (χ4n) is 5.05. The number of aliphatic carboxylic acids is 1. The minimum Gasteiger partial charge on any atom is -0.475 e. The molecule has 2 aromatic heterocycles. The van der Waals surface area contributed by atoms with Crippen LogP contribution < -0.4 is 5.56 Å². The largest absolute Gasteiger partial charge is 0.490 e. The first-order valence-corrected chi connectivity index (χ1v) is 13.3. The van der Waals surface area contributed by atoms with E-state index in [-0.39, 0.29) is 11.1 Å². The van der Waals surface area contributed by atoms with Crippen molar-refractivity contribution in [2.24, 2.45) is 14.1 Å². The van der Waals surface area contributed by atoms with Gasteiger partial charge in [0.1, 0.15) is 0 Å². The number of hydrogen-bond donors (Lipinski definition) is 1. The maximum absolute atomic E-state index is 14.0. The van der Waals surface area contributed by atoms with Gasteiger partial charge in [0, 0.05) is 37.7 Å². The Hall–Kier alpha value is -4.62. The fraction of sp³-hybridized carbons (Fsp3) is 0.194. The molecule has 0 saturated heterocycles. The number of halogens is 7. The highest BCUT2D eigenvalue weighted by Crippen LogP contribution is 2.43. The van der Waals surface area contributed by atoms with Crippen LogP contribution in [0, 0.1) is 0 Å². The Bertz CT molecular complexity index is 1920. The lowest BCUT2D eigenvalue weighted by Crippen LogP contribution is -2.33. The molecule has 0 spiro atoms. The maximum Gasteiger partial charge on any atom is 0.490 e. The van der Waals surface area contributed by atoms with Gasteiger partial charge in [0.15, 0.2) is 5.60 Å². The number of rotatable bonds is 5. The molecule has 1 atom stereocenters. The van der Waals surface area contributed by atoms with Crippen LogP contribution in [0.1, 0.15) is 22.4 Å². The number of hydrogen-bond acceptors (Lipinski definition) is 4. The maximum atomic E-state index is 14.0. The van der Waals surface area contributed by atoms with Crippen molar-refractivity contribution in [2.45, 2.75) is 18.0 Å². The van der Waals surface area contributed by atoms with Crippen molar-refractivity contribution in [1.29, 1.82) is 0 Å². The van der Waals surface area contributed by atoms with Crippen LogP contribution in [0.5, 0.6) is 0 Å². The van der Waals surface area contributed by atoms with E-state index in [9.17, 15) is 31.1 Å². The lowest BCUT2D eigenvalue weighted by molar-refractivity contribution is -0.192. The summed E-state index contributed by atoms with van der Waals surface area (Å²) >= 11 is 6.18. The number of carboxylic acid groups (broad SMARTS) is 1. The summed E-state index contributed by atoms with van der Waals surface area (Å²) < 4.78 is 83.2. The van der Waals surface area contributed by atoms with Crippen molar-refractivity contribution in [3.05, 3.63) is 123 Å². The van der Waals surface area contributed by atoms with Gasteiger partial charge < -0.3 is 19.0 Å². The summed E-state index contributed by atoms with van der Waals surface area (Å²) in [5, 5.41) is 8.14.